The number of ether oxygens (including phenoxy) is 1. The highest BCUT2D eigenvalue weighted by Gasteiger charge is 2.01. The first-order chi connectivity index (χ1) is 11.5. The number of benzene rings is 2. The van der Waals surface area contributed by atoms with E-state index in [9.17, 15) is 4.79 Å². The molecule has 2 aromatic rings. The molecule has 0 fully saturated rings. The standard InChI is InChI=1S/C21H27NO2/c1-16(2)19-8-6-9-21(15-19)24-14-5-4-7-18-10-12-20(13-11-18)22-17(3)23/h6,8-13,15-16H,4-5,7,14H2,1-3H3,(H,22,23). The second kappa shape index (κ2) is 9.11. The number of nitrogens with one attached hydrogen (secondary N) is 1. The van der Waals surface area contributed by atoms with Crippen LogP contribution in [-0.4, -0.2) is 12.5 Å². The number of anilines is 1. The maximum atomic E-state index is 11.0. The molecule has 0 aliphatic rings. The molecule has 0 aliphatic carbocycles. The molecule has 0 bridgehead atoms. The normalized spacial score (nSPS) is 10.7. The van der Waals surface area contributed by atoms with Crippen molar-refractivity contribution in [2.75, 3.05) is 11.9 Å². The molecule has 0 saturated heterocycles. The van der Waals surface area contributed by atoms with Gasteiger partial charge in [0, 0.05) is 12.6 Å². The third-order valence-corrected chi connectivity index (χ3v) is 3.93. The molecule has 0 saturated carbocycles. The minimum Gasteiger partial charge on any atom is -0.494 e. The largest absolute Gasteiger partial charge is 0.494 e. The van der Waals surface area contributed by atoms with Crippen molar-refractivity contribution in [2.24, 2.45) is 0 Å². The zero-order valence-corrected chi connectivity index (χ0v) is 14.8. The van der Waals surface area contributed by atoms with Gasteiger partial charge in [-0.15, -0.1) is 0 Å². The van der Waals surface area contributed by atoms with E-state index in [1.165, 1.54) is 18.1 Å². The Morgan fingerprint density at radius 3 is 2.50 bits per heavy atom. The lowest BCUT2D eigenvalue weighted by atomic mass is 10.0. The van der Waals surface area contributed by atoms with Crippen molar-refractivity contribution < 1.29 is 9.53 Å². The van der Waals surface area contributed by atoms with Crippen LogP contribution < -0.4 is 10.1 Å². The van der Waals surface area contributed by atoms with Crippen LogP contribution in [0.15, 0.2) is 48.5 Å². The quantitative estimate of drug-likeness (QED) is 0.680. The number of hydrogen-bond donors (Lipinski definition) is 1. The highest BCUT2D eigenvalue weighted by atomic mass is 16.5. The fourth-order valence-electron chi connectivity index (χ4n) is 2.54. The highest BCUT2D eigenvalue weighted by molar-refractivity contribution is 5.88. The van der Waals surface area contributed by atoms with Crippen molar-refractivity contribution in [2.45, 2.75) is 46.0 Å². The zero-order valence-electron chi connectivity index (χ0n) is 14.8. The van der Waals surface area contributed by atoms with Crippen molar-refractivity contribution >= 4 is 11.6 Å². The van der Waals surface area contributed by atoms with Gasteiger partial charge in [-0.05, 0) is 60.6 Å². The van der Waals surface area contributed by atoms with E-state index in [2.05, 4.69) is 49.5 Å². The Morgan fingerprint density at radius 2 is 1.83 bits per heavy atom. The second-order valence-corrected chi connectivity index (χ2v) is 6.41. The van der Waals surface area contributed by atoms with Gasteiger partial charge in [0.25, 0.3) is 0 Å². The minimum absolute atomic E-state index is 0.0403. The Bertz CT molecular complexity index is 647. The van der Waals surface area contributed by atoms with Crippen LogP contribution >= 0.6 is 0 Å². The summed E-state index contributed by atoms with van der Waals surface area (Å²) in [4.78, 5) is 11.0. The van der Waals surface area contributed by atoms with Crippen molar-refractivity contribution in [3.8, 4) is 5.75 Å². The van der Waals surface area contributed by atoms with Gasteiger partial charge < -0.3 is 10.1 Å². The molecule has 0 aromatic heterocycles. The lowest BCUT2D eigenvalue weighted by molar-refractivity contribution is -0.114. The monoisotopic (exact) mass is 325 g/mol. The summed E-state index contributed by atoms with van der Waals surface area (Å²) in [6.07, 6.45) is 3.14. The summed E-state index contributed by atoms with van der Waals surface area (Å²) in [6.45, 7) is 6.64. The Hall–Kier alpha value is -2.29. The number of carbonyl (C=O) groups is 1. The molecule has 0 aliphatic heterocycles. The van der Waals surface area contributed by atoms with Gasteiger partial charge in [-0.2, -0.15) is 0 Å². The summed E-state index contributed by atoms with van der Waals surface area (Å²) in [5.74, 6) is 1.44. The van der Waals surface area contributed by atoms with E-state index in [4.69, 9.17) is 4.74 Å². The van der Waals surface area contributed by atoms with Crippen LogP contribution in [0.5, 0.6) is 5.75 Å². The fourth-order valence-corrected chi connectivity index (χ4v) is 2.54. The van der Waals surface area contributed by atoms with Crippen molar-refractivity contribution in [1.29, 1.82) is 0 Å². The lowest BCUT2D eigenvalue weighted by Gasteiger charge is -2.10. The number of amides is 1. The van der Waals surface area contributed by atoms with Gasteiger partial charge in [0.1, 0.15) is 5.75 Å². The molecule has 0 spiro atoms. The predicted octanol–water partition coefficient (Wildman–Crippen LogP) is 5.17. The number of rotatable bonds is 8. The van der Waals surface area contributed by atoms with E-state index in [1.807, 2.05) is 18.2 Å². The molecule has 0 radical (unpaired) electrons. The molecule has 1 amide bonds. The van der Waals surface area contributed by atoms with Crippen molar-refractivity contribution in [3.05, 3.63) is 59.7 Å². The number of carbonyl (C=O) groups excluding carboxylic acids is 1. The molecule has 0 heterocycles. The number of aryl methyl sites for hydroxylation is 1. The van der Waals surface area contributed by atoms with E-state index < -0.39 is 0 Å². The highest BCUT2D eigenvalue weighted by Crippen LogP contribution is 2.20. The first-order valence-electron chi connectivity index (χ1n) is 8.64. The molecule has 2 rings (SSSR count). The van der Waals surface area contributed by atoms with Gasteiger partial charge in [0.15, 0.2) is 0 Å². The Labute approximate surface area is 145 Å². The van der Waals surface area contributed by atoms with Gasteiger partial charge in [0.2, 0.25) is 5.91 Å². The van der Waals surface area contributed by atoms with Gasteiger partial charge >= 0.3 is 0 Å². The molecular weight excluding hydrogens is 298 g/mol. The van der Waals surface area contributed by atoms with Crippen LogP contribution in [0.25, 0.3) is 0 Å². The van der Waals surface area contributed by atoms with Gasteiger partial charge in [-0.25, -0.2) is 0 Å². The molecule has 128 valence electrons. The van der Waals surface area contributed by atoms with Gasteiger partial charge in [0.05, 0.1) is 6.61 Å². The third-order valence-electron chi connectivity index (χ3n) is 3.93. The van der Waals surface area contributed by atoms with E-state index in [1.54, 1.807) is 0 Å². The minimum atomic E-state index is -0.0403. The molecule has 2 aromatic carbocycles. The molecule has 0 unspecified atom stereocenters. The summed E-state index contributed by atoms with van der Waals surface area (Å²) in [5, 5.41) is 2.78. The second-order valence-electron chi connectivity index (χ2n) is 6.41. The topological polar surface area (TPSA) is 38.3 Å². The van der Waals surface area contributed by atoms with Crippen LogP contribution in [-0.2, 0) is 11.2 Å². The fraction of sp³-hybridized carbons (Fsp3) is 0.381. The average molecular weight is 325 g/mol. The summed E-state index contributed by atoms with van der Waals surface area (Å²) < 4.78 is 5.85. The molecule has 0 atom stereocenters. The predicted molar refractivity (Wildman–Crippen MR) is 99.7 cm³/mol. The van der Waals surface area contributed by atoms with Crippen LogP contribution in [0.3, 0.4) is 0 Å². The number of hydrogen-bond acceptors (Lipinski definition) is 2. The van der Waals surface area contributed by atoms with Gasteiger partial charge in [-0.3, -0.25) is 4.79 Å². The molecular formula is C21H27NO2. The zero-order chi connectivity index (χ0) is 17.4. The van der Waals surface area contributed by atoms with E-state index in [-0.39, 0.29) is 5.91 Å². The van der Waals surface area contributed by atoms with Crippen LogP contribution in [0.1, 0.15) is 50.7 Å². The number of unbranched alkanes of at least 4 members (excludes halogenated alkanes) is 1. The Balaban J connectivity index is 1.69. The van der Waals surface area contributed by atoms with E-state index in [0.717, 1.165) is 37.3 Å². The molecule has 3 heteroatoms. The molecule has 1 N–H and O–H groups in total. The maximum absolute atomic E-state index is 11.0. The maximum Gasteiger partial charge on any atom is 0.221 e. The van der Waals surface area contributed by atoms with Crippen molar-refractivity contribution in [1.82, 2.24) is 0 Å². The van der Waals surface area contributed by atoms with E-state index >= 15 is 0 Å². The average Bonchev–Trinajstić information content (AvgIpc) is 2.56. The lowest BCUT2D eigenvalue weighted by Crippen LogP contribution is -2.05. The summed E-state index contributed by atoms with van der Waals surface area (Å²) in [6, 6.07) is 16.4. The summed E-state index contributed by atoms with van der Waals surface area (Å²) in [5.41, 5.74) is 3.44. The van der Waals surface area contributed by atoms with E-state index in [0.29, 0.717) is 5.92 Å². The molecule has 3 nitrogen and oxygen atoms in total. The molecule has 24 heavy (non-hydrogen) atoms. The van der Waals surface area contributed by atoms with Crippen LogP contribution in [0.2, 0.25) is 0 Å². The summed E-state index contributed by atoms with van der Waals surface area (Å²) >= 11 is 0. The van der Waals surface area contributed by atoms with Crippen LogP contribution in [0.4, 0.5) is 5.69 Å². The first-order valence-corrected chi connectivity index (χ1v) is 8.64. The Morgan fingerprint density at radius 1 is 1.08 bits per heavy atom. The van der Waals surface area contributed by atoms with Crippen LogP contribution in [0, 0.1) is 0 Å². The Kier molecular flexibility index (Phi) is 6.86. The van der Waals surface area contributed by atoms with Gasteiger partial charge in [-0.1, -0.05) is 38.1 Å². The smallest absolute Gasteiger partial charge is 0.221 e. The third kappa shape index (κ3) is 6.07. The summed E-state index contributed by atoms with van der Waals surface area (Å²) in [7, 11) is 0. The first kappa shape index (κ1) is 18.1. The van der Waals surface area contributed by atoms with Crippen molar-refractivity contribution in [3.63, 3.8) is 0 Å². The SMILES string of the molecule is CC(=O)Nc1ccc(CCCCOc2cccc(C(C)C)c2)cc1.